The first kappa shape index (κ1) is 6.55. The summed E-state index contributed by atoms with van der Waals surface area (Å²) in [7, 11) is 0.629. The molecule has 0 spiro atoms. The van der Waals surface area contributed by atoms with E-state index in [1.54, 1.807) is 0 Å². The third-order valence-electron chi connectivity index (χ3n) is 1.43. The summed E-state index contributed by atoms with van der Waals surface area (Å²) in [4.78, 5) is 10.9. The molecule has 0 unspecified atom stereocenters. The van der Waals surface area contributed by atoms with Crippen LogP contribution in [0.5, 0.6) is 0 Å². The van der Waals surface area contributed by atoms with Crippen LogP contribution in [0.15, 0.2) is 11.8 Å². The van der Waals surface area contributed by atoms with Crippen molar-refractivity contribution in [3.63, 3.8) is 0 Å². The highest BCUT2D eigenvalue weighted by molar-refractivity contribution is 6.04. The van der Waals surface area contributed by atoms with Crippen LogP contribution in [0.1, 0.15) is 19.3 Å². The zero-order valence-electron chi connectivity index (χ0n) is 5.52. The summed E-state index contributed by atoms with van der Waals surface area (Å²) in [5, 5.41) is 0. The van der Waals surface area contributed by atoms with Crippen molar-refractivity contribution in [2.24, 2.45) is 0 Å². The van der Waals surface area contributed by atoms with E-state index in [2.05, 4.69) is 0 Å². The summed E-state index contributed by atoms with van der Waals surface area (Å²) in [5.41, 5.74) is 0. The van der Waals surface area contributed by atoms with Crippen LogP contribution in [0.3, 0.4) is 0 Å². The van der Waals surface area contributed by atoms with Gasteiger partial charge >= 0.3 is 0 Å². The van der Waals surface area contributed by atoms with Crippen molar-refractivity contribution < 1.29 is 9.22 Å². The van der Waals surface area contributed by atoms with Gasteiger partial charge in [0.25, 0.3) is 0 Å². The molecule has 1 aliphatic rings. The van der Waals surface area contributed by atoms with E-state index >= 15 is 0 Å². The minimum absolute atomic E-state index is 0.177. The van der Waals surface area contributed by atoms with Crippen molar-refractivity contribution in [3.05, 3.63) is 11.8 Å². The summed E-state index contributed by atoms with van der Waals surface area (Å²) < 4.78 is 4.95. The SMILES string of the molecule is O=C1CCCC=C1O[SiH3]. The largest absolute Gasteiger partial charge is 0.551 e. The molecule has 0 saturated carbocycles. The summed E-state index contributed by atoms with van der Waals surface area (Å²) in [6.45, 7) is 0. The number of ketones is 1. The molecule has 0 aromatic carbocycles. The molecule has 1 rings (SSSR count). The molecule has 0 bridgehead atoms. The summed E-state index contributed by atoms with van der Waals surface area (Å²) in [5.74, 6) is 0.782. The van der Waals surface area contributed by atoms with Crippen LogP contribution in [0.25, 0.3) is 0 Å². The zero-order chi connectivity index (χ0) is 6.69. The fourth-order valence-corrected chi connectivity index (χ4v) is 1.32. The Balaban J connectivity index is 2.64. The van der Waals surface area contributed by atoms with Crippen molar-refractivity contribution in [2.75, 3.05) is 0 Å². The number of carbonyl (C=O) groups excluding carboxylic acids is 1. The van der Waals surface area contributed by atoms with E-state index in [0.29, 0.717) is 22.7 Å². The monoisotopic (exact) mass is 142 g/mol. The van der Waals surface area contributed by atoms with Crippen molar-refractivity contribution in [3.8, 4) is 0 Å². The second kappa shape index (κ2) is 2.82. The van der Waals surface area contributed by atoms with E-state index in [-0.39, 0.29) is 5.78 Å². The molecule has 0 aromatic heterocycles. The Bertz CT molecular complexity index is 151. The predicted molar refractivity (Wildman–Crippen MR) is 38.0 cm³/mol. The quantitative estimate of drug-likeness (QED) is 0.479. The Labute approximate surface area is 57.4 Å². The Morgan fingerprint density at radius 1 is 1.67 bits per heavy atom. The van der Waals surface area contributed by atoms with Crippen LogP contribution in [0.4, 0.5) is 0 Å². The van der Waals surface area contributed by atoms with Crippen molar-refractivity contribution >= 4 is 16.3 Å². The molecule has 0 aromatic rings. The molecule has 0 radical (unpaired) electrons. The van der Waals surface area contributed by atoms with Gasteiger partial charge < -0.3 is 4.43 Å². The maximum absolute atomic E-state index is 10.9. The zero-order valence-corrected chi connectivity index (χ0v) is 7.52. The molecular formula is C6H10O2Si. The van der Waals surface area contributed by atoms with Gasteiger partial charge in [0.2, 0.25) is 10.5 Å². The normalized spacial score (nSPS) is 19.6. The standard InChI is InChI=1S/C6H10O2Si/c7-5-3-1-2-4-6(5)8-9/h4H,1-3H2,9H3. The molecular weight excluding hydrogens is 132 g/mol. The van der Waals surface area contributed by atoms with E-state index in [4.69, 9.17) is 4.43 Å². The van der Waals surface area contributed by atoms with Crippen molar-refractivity contribution in [2.45, 2.75) is 19.3 Å². The van der Waals surface area contributed by atoms with Gasteiger partial charge in [-0.05, 0) is 18.9 Å². The maximum atomic E-state index is 10.9. The van der Waals surface area contributed by atoms with Gasteiger partial charge in [-0.2, -0.15) is 0 Å². The van der Waals surface area contributed by atoms with Gasteiger partial charge in [0, 0.05) is 6.42 Å². The molecule has 0 aliphatic heterocycles. The lowest BCUT2D eigenvalue weighted by atomic mass is 10.1. The lowest BCUT2D eigenvalue weighted by Crippen LogP contribution is -2.08. The number of rotatable bonds is 1. The van der Waals surface area contributed by atoms with E-state index in [1.165, 1.54) is 0 Å². The number of allylic oxidation sites excluding steroid dienone is 2. The van der Waals surface area contributed by atoms with Gasteiger partial charge in [-0.15, -0.1) is 0 Å². The fourth-order valence-electron chi connectivity index (χ4n) is 0.930. The highest BCUT2D eigenvalue weighted by Crippen LogP contribution is 2.13. The molecule has 0 saturated heterocycles. The Morgan fingerprint density at radius 2 is 2.44 bits per heavy atom. The van der Waals surface area contributed by atoms with Gasteiger partial charge in [0.1, 0.15) is 5.76 Å². The smallest absolute Gasteiger partial charge is 0.204 e. The number of hydrogen-bond acceptors (Lipinski definition) is 2. The van der Waals surface area contributed by atoms with Crippen LogP contribution in [0.2, 0.25) is 0 Å². The van der Waals surface area contributed by atoms with Gasteiger partial charge in [-0.25, -0.2) is 0 Å². The van der Waals surface area contributed by atoms with Crippen LogP contribution in [-0.2, 0) is 9.22 Å². The lowest BCUT2D eigenvalue weighted by molar-refractivity contribution is -0.118. The molecule has 9 heavy (non-hydrogen) atoms. The van der Waals surface area contributed by atoms with Crippen molar-refractivity contribution in [1.82, 2.24) is 0 Å². The summed E-state index contributed by atoms with van der Waals surface area (Å²) >= 11 is 0. The molecule has 2 nitrogen and oxygen atoms in total. The van der Waals surface area contributed by atoms with Gasteiger partial charge in [-0.3, -0.25) is 4.79 Å². The molecule has 50 valence electrons. The average molecular weight is 142 g/mol. The first-order valence-electron chi connectivity index (χ1n) is 3.12. The highest BCUT2D eigenvalue weighted by Gasteiger charge is 2.11. The van der Waals surface area contributed by atoms with Crippen LogP contribution in [-0.4, -0.2) is 16.3 Å². The number of carbonyl (C=O) groups is 1. The van der Waals surface area contributed by atoms with E-state index in [1.807, 2.05) is 6.08 Å². The minimum Gasteiger partial charge on any atom is -0.551 e. The van der Waals surface area contributed by atoms with Gasteiger partial charge in [-0.1, -0.05) is 0 Å². The molecule has 0 amide bonds. The Hall–Kier alpha value is -0.573. The maximum Gasteiger partial charge on any atom is 0.204 e. The van der Waals surface area contributed by atoms with Crippen molar-refractivity contribution in [1.29, 1.82) is 0 Å². The molecule has 0 heterocycles. The lowest BCUT2D eigenvalue weighted by Gasteiger charge is -2.09. The summed E-state index contributed by atoms with van der Waals surface area (Å²) in [6, 6.07) is 0. The number of Topliss-reactive ketones (excluding diaryl/α,β-unsaturated/α-hetero) is 1. The first-order valence-corrected chi connectivity index (χ1v) is 3.93. The van der Waals surface area contributed by atoms with Gasteiger partial charge in [0.05, 0.1) is 0 Å². The second-order valence-corrected chi connectivity index (χ2v) is 2.50. The average Bonchev–Trinajstić information content (AvgIpc) is 1.89. The highest BCUT2D eigenvalue weighted by atomic mass is 28.2. The Kier molecular flexibility index (Phi) is 2.05. The van der Waals surface area contributed by atoms with Crippen LogP contribution < -0.4 is 0 Å². The summed E-state index contributed by atoms with van der Waals surface area (Å²) in [6.07, 6.45) is 4.56. The first-order chi connectivity index (χ1) is 4.34. The van der Waals surface area contributed by atoms with E-state index < -0.39 is 0 Å². The second-order valence-electron chi connectivity index (χ2n) is 2.09. The van der Waals surface area contributed by atoms with E-state index in [9.17, 15) is 4.79 Å². The molecule has 0 atom stereocenters. The third kappa shape index (κ3) is 1.42. The molecule has 0 N–H and O–H groups in total. The van der Waals surface area contributed by atoms with E-state index in [0.717, 1.165) is 12.8 Å². The Morgan fingerprint density at radius 3 is 2.89 bits per heavy atom. The fraction of sp³-hybridized carbons (Fsp3) is 0.500. The molecule has 0 fully saturated rings. The molecule has 1 aliphatic carbocycles. The van der Waals surface area contributed by atoms with Crippen LogP contribution >= 0.6 is 0 Å². The number of hydrogen-bond donors (Lipinski definition) is 0. The van der Waals surface area contributed by atoms with Crippen LogP contribution in [0, 0.1) is 0 Å². The third-order valence-corrected chi connectivity index (χ3v) is 1.87. The van der Waals surface area contributed by atoms with Gasteiger partial charge in [0.15, 0.2) is 5.78 Å². The predicted octanol–water partition coefficient (Wildman–Crippen LogP) is -0.0797. The topological polar surface area (TPSA) is 26.3 Å². The minimum atomic E-state index is 0.177. The molecule has 3 heteroatoms.